The molecule has 4 aliphatic heterocycles. The number of imidazole rings is 2. The van der Waals surface area contributed by atoms with E-state index in [0.29, 0.717) is 61.9 Å². The predicted molar refractivity (Wildman–Crippen MR) is 260 cm³/mol. The number of likely N-dealkylation sites (tertiary alicyclic amines) is 2. The third-order valence-corrected chi connectivity index (χ3v) is 13.0. The quantitative estimate of drug-likeness (QED) is 0.103. The average molecular weight is 947 g/mol. The molecule has 10 rings (SSSR count). The van der Waals surface area contributed by atoms with Gasteiger partial charge in [0.15, 0.2) is 0 Å². The van der Waals surface area contributed by atoms with E-state index in [-0.39, 0.29) is 23.9 Å². The molecule has 16 heteroatoms. The Morgan fingerprint density at radius 3 is 1.40 bits per heavy atom. The summed E-state index contributed by atoms with van der Waals surface area (Å²) in [5.41, 5.74) is 7.13. The van der Waals surface area contributed by atoms with Crippen LogP contribution in [0.1, 0.15) is 125 Å². The Bertz CT molecular complexity index is 2700. The van der Waals surface area contributed by atoms with E-state index in [1.165, 1.54) is 0 Å². The zero-order valence-electron chi connectivity index (χ0n) is 40.3. The highest BCUT2D eigenvalue weighted by atomic mass is 16.6. The van der Waals surface area contributed by atoms with Gasteiger partial charge in [0.25, 0.3) is 11.8 Å². The zero-order valence-corrected chi connectivity index (χ0v) is 40.3. The lowest BCUT2D eigenvalue weighted by Crippen LogP contribution is -2.44. The lowest BCUT2D eigenvalue weighted by atomic mass is 9.87. The molecule has 4 N–H and O–H groups in total. The maximum Gasteiger partial charge on any atom is 0.408 e. The van der Waals surface area contributed by atoms with Crippen molar-refractivity contribution in [2.24, 2.45) is 0 Å². The summed E-state index contributed by atoms with van der Waals surface area (Å²) in [6.07, 6.45) is 5.24. The molecule has 4 aliphatic rings. The molecule has 6 heterocycles. The van der Waals surface area contributed by atoms with E-state index >= 15 is 0 Å². The Morgan fingerprint density at radius 1 is 0.614 bits per heavy atom. The molecule has 6 aromatic rings. The molecule has 2 saturated heterocycles. The van der Waals surface area contributed by atoms with Gasteiger partial charge in [0.05, 0.1) is 35.9 Å². The number of nitrogens with zero attached hydrogens (tertiary/aromatic N) is 4. The summed E-state index contributed by atoms with van der Waals surface area (Å²) in [4.78, 5) is 74.8. The Labute approximate surface area is 406 Å². The van der Waals surface area contributed by atoms with Crippen molar-refractivity contribution in [3.8, 4) is 45.1 Å². The van der Waals surface area contributed by atoms with Gasteiger partial charge in [-0.05, 0) is 103 Å². The van der Waals surface area contributed by atoms with Crippen LogP contribution in [0.5, 0.6) is 11.5 Å². The molecule has 362 valence electrons. The molecule has 4 atom stereocenters. The number of alkyl carbamates (subject to hydrolysis) is 2. The molecular weight excluding hydrogens is 889 g/mol. The van der Waals surface area contributed by atoms with Crippen LogP contribution < -0.4 is 20.1 Å². The number of carbonyl (C=O) groups is 4. The van der Waals surface area contributed by atoms with Crippen LogP contribution in [-0.2, 0) is 32.3 Å². The molecule has 0 spiro atoms. The second kappa shape index (κ2) is 18.4. The zero-order chi connectivity index (χ0) is 48.9. The van der Waals surface area contributed by atoms with Gasteiger partial charge in [-0.2, -0.15) is 0 Å². The lowest BCUT2D eigenvalue weighted by Gasteiger charge is -2.30. The highest BCUT2D eigenvalue weighted by Crippen LogP contribution is 2.51. The molecule has 70 heavy (non-hydrogen) atoms. The molecule has 4 amide bonds. The van der Waals surface area contributed by atoms with Crippen LogP contribution in [0.2, 0.25) is 0 Å². The summed E-state index contributed by atoms with van der Waals surface area (Å²) < 4.78 is 24.1. The number of carbonyl (C=O) groups excluding carboxylic acids is 4. The fourth-order valence-corrected chi connectivity index (χ4v) is 9.97. The summed E-state index contributed by atoms with van der Waals surface area (Å²) >= 11 is 0. The number of H-pyrrole nitrogens is 2. The van der Waals surface area contributed by atoms with Crippen molar-refractivity contribution in [1.82, 2.24) is 40.4 Å². The Balaban J connectivity index is 0.864. The minimum Gasteiger partial charge on any atom is -0.488 e. The number of hydrogen-bond acceptors (Lipinski definition) is 10. The van der Waals surface area contributed by atoms with E-state index in [1.807, 2.05) is 72.8 Å². The van der Waals surface area contributed by atoms with E-state index in [2.05, 4.69) is 32.7 Å². The highest BCUT2D eigenvalue weighted by Gasteiger charge is 2.40. The van der Waals surface area contributed by atoms with Crippen LogP contribution in [0.3, 0.4) is 0 Å². The van der Waals surface area contributed by atoms with Crippen molar-refractivity contribution in [3.05, 3.63) is 131 Å². The smallest absolute Gasteiger partial charge is 0.408 e. The first-order valence-corrected chi connectivity index (χ1v) is 24.0. The van der Waals surface area contributed by atoms with Gasteiger partial charge in [0.1, 0.15) is 59.6 Å². The number of hydrogen-bond donors (Lipinski definition) is 4. The lowest BCUT2D eigenvalue weighted by molar-refractivity contribution is -0.135. The average Bonchev–Trinajstić information content (AvgIpc) is 4.18. The van der Waals surface area contributed by atoms with Gasteiger partial charge in [-0.15, -0.1) is 0 Å². The predicted octanol–water partition coefficient (Wildman–Crippen LogP) is 9.78. The van der Waals surface area contributed by atoms with E-state index in [1.54, 1.807) is 63.7 Å². The summed E-state index contributed by atoms with van der Waals surface area (Å²) in [7, 11) is 0. The largest absolute Gasteiger partial charge is 0.488 e. The standard InChI is InChI=1S/C54H58N8O8/c1-53(2,3)69-51(65)59-45(31-15-9-7-10-16-31)49(63)61-21-13-19-39(61)47-55-27-37(57-47)33-23-35-29-68-42-26-34(24-36-30-67-41(25-33)43(35)44(36)42)38-28-56-48(58-38)40-20-14-22-62(40)50(64)46(32-17-11-8-12-18-32)60-52(66)70-54(4,5)6/h7-12,15-18,23-28,39-40,45-46H,13-14,19-22,29-30H2,1-6H3,(H,55,57)(H,56,58)(H,59,65)(H,60,66)/t39-,40-,45+,46+/m0/s1. The maximum absolute atomic E-state index is 14.3. The Morgan fingerprint density at radius 2 is 1.01 bits per heavy atom. The fourth-order valence-electron chi connectivity index (χ4n) is 9.97. The van der Waals surface area contributed by atoms with E-state index in [4.69, 9.17) is 28.9 Å². The van der Waals surface area contributed by atoms with Crippen LogP contribution in [-0.4, -0.2) is 78.0 Å². The van der Waals surface area contributed by atoms with Gasteiger partial charge < -0.3 is 49.3 Å². The van der Waals surface area contributed by atoms with Gasteiger partial charge in [-0.3, -0.25) is 9.59 Å². The summed E-state index contributed by atoms with van der Waals surface area (Å²) in [6, 6.07) is 24.2. The molecular formula is C54H58N8O8. The number of nitrogens with one attached hydrogen (secondary N) is 4. The first-order valence-electron chi connectivity index (χ1n) is 24.0. The summed E-state index contributed by atoms with van der Waals surface area (Å²) in [5, 5.41) is 5.66. The molecule has 2 aromatic heterocycles. The molecule has 0 saturated carbocycles. The number of aromatic amines is 2. The number of aromatic nitrogens is 4. The Hall–Kier alpha value is -7.62. The van der Waals surface area contributed by atoms with Gasteiger partial charge in [-0.25, -0.2) is 19.6 Å². The van der Waals surface area contributed by atoms with Crippen molar-refractivity contribution < 1.29 is 38.1 Å². The first-order chi connectivity index (χ1) is 33.6. The van der Waals surface area contributed by atoms with Gasteiger partial charge in [0, 0.05) is 46.5 Å². The molecule has 0 unspecified atom stereocenters. The van der Waals surface area contributed by atoms with Crippen molar-refractivity contribution in [2.45, 2.75) is 116 Å². The maximum atomic E-state index is 14.3. The number of ether oxygens (including phenoxy) is 4. The van der Waals surface area contributed by atoms with Crippen molar-refractivity contribution >= 4 is 24.0 Å². The number of amides is 4. The van der Waals surface area contributed by atoms with E-state index in [0.717, 1.165) is 69.1 Å². The van der Waals surface area contributed by atoms with Crippen LogP contribution in [0.15, 0.2) is 97.3 Å². The van der Waals surface area contributed by atoms with Crippen LogP contribution in [0, 0.1) is 0 Å². The Kier molecular flexibility index (Phi) is 12.1. The number of benzene rings is 4. The molecule has 4 aromatic carbocycles. The third-order valence-electron chi connectivity index (χ3n) is 13.0. The molecule has 2 fully saturated rings. The van der Waals surface area contributed by atoms with E-state index < -0.39 is 35.5 Å². The molecule has 0 aliphatic carbocycles. The molecule has 0 radical (unpaired) electrons. The van der Waals surface area contributed by atoms with Crippen molar-refractivity contribution in [2.75, 3.05) is 13.1 Å². The monoisotopic (exact) mass is 946 g/mol. The second-order valence-electron chi connectivity index (χ2n) is 20.3. The van der Waals surface area contributed by atoms with Crippen molar-refractivity contribution in [3.63, 3.8) is 0 Å². The first kappa shape index (κ1) is 46.1. The SMILES string of the molecule is CC(C)(C)OC(=O)N[C@@H](C(=O)N1CCC[C@H]1c1ncc(-c2cc3c4c(c2)OCc2cc(-c5cnc([C@@H]6CCCN6C(=O)[C@H](NC(=O)OC(C)(C)C)c6ccccc6)[nH]5)cc(c2-4)OC3)[nH]1)c1ccccc1. The normalized spacial score (nSPS) is 18.0. The molecule has 0 bridgehead atoms. The van der Waals surface area contributed by atoms with Crippen molar-refractivity contribution in [1.29, 1.82) is 0 Å². The topological polar surface area (TPSA) is 193 Å². The van der Waals surface area contributed by atoms with Crippen LogP contribution in [0.25, 0.3) is 33.6 Å². The van der Waals surface area contributed by atoms with Gasteiger partial charge in [-0.1, -0.05) is 60.7 Å². The fraction of sp³-hybridized carbons (Fsp3) is 0.370. The second-order valence-corrected chi connectivity index (χ2v) is 20.3. The van der Waals surface area contributed by atoms with Gasteiger partial charge in [0.2, 0.25) is 0 Å². The summed E-state index contributed by atoms with van der Waals surface area (Å²) in [6.45, 7) is 12.4. The summed E-state index contributed by atoms with van der Waals surface area (Å²) in [5.74, 6) is 2.35. The number of rotatable bonds is 10. The molecule has 16 nitrogen and oxygen atoms in total. The van der Waals surface area contributed by atoms with Crippen LogP contribution in [0.4, 0.5) is 9.59 Å². The highest BCUT2D eigenvalue weighted by molar-refractivity contribution is 5.90. The minimum atomic E-state index is -0.936. The van der Waals surface area contributed by atoms with Gasteiger partial charge >= 0.3 is 12.2 Å². The van der Waals surface area contributed by atoms with Crippen LogP contribution >= 0.6 is 0 Å². The minimum absolute atomic E-state index is 0.234. The third kappa shape index (κ3) is 9.41. The van der Waals surface area contributed by atoms with E-state index in [9.17, 15) is 19.2 Å².